The molecule has 1 aromatic carbocycles. The molecule has 0 atom stereocenters. The molecule has 2 aromatic heterocycles. The van der Waals surface area contributed by atoms with Crippen LogP contribution in [-0.4, -0.2) is 9.78 Å². The minimum atomic E-state index is 0.509. The van der Waals surface area contributed by atoms with Crippen LogP contribution in [0.5, 0.6) is 0 Å². The van der Waals surface area contributed by atoms with Gasteiger partial charge in [0, 0.05) is 17.5 Å². The van der Waals surface area contributed by atoms with Gasteiger partial charge in [0.05, 0.1) is 18.3 Å². The maximum atomic E-state index is 5.69. The number of aryl methyl sites for hydroxylation is 1. The van der Waals surface area contributed by atoms with Crippen molar-refractivity contribution in [2.75, 3.05) is 0 Å². The van der Waals surface area contributed by atoms with Crippen molar-refractivity contribution in [1.82, 2.24) is 9.78 Å². The van der Waals surface area contributed by atoms with Crippen LogP contribution < -0.4 is 5.73 Å². The summed E-state index contributed by atoms with van der Waals surface area (Å²) in [5.41, 5.74) is 7.81. The lowest BCUT2D eigenvalue weighted by Gasteiger charge is -2.00. The van der Waals surface area contributed by atoms with Crippen LogP contribution in [0.4, 0.5) is 0 Å². The number of nitrogens with two attached hydrogens (primary N) is 1. The van der Waals surface area contributed by atoms with Crippen LogP contribution in [0.1, 0.15) is 17.1 Å². The van der Waals surface area contributed by atoms with Crippen molar-refractivity contribution in [1.29, 1.82) is 0 Å². The maximum absolute atomic E-state index is 5.69. The van der Waals surface area contributed by atoms with Gasteiger partial charge in [-0.15, -0.1) is 0 Å². The quantitative estimate of drug-likeness (QED) is 0.766. The third-order valence-corrected chi connectivity index (χ3v) is 3.15. The molecular weight excluding hydrogens is 226 g/mol. The van der Waals surface area contributed by atoms with E-state index in [2.05, 4.69) is 17.2 Å². The Hall–Kier alpha value is -2.07. The van der Waals surface area contributed by atoms with Crippen LogP contribution in [0.15, 0.2) is 40.9 Å². The van der Waals surface area contributed by atoms with Gasteiger partial charge in [0.25, 0.3) is 0 Å². The fourth-order valence-electron chi connectivity index (χ4n) is 2.17. The number of aromatic nitrogens is 2. The highest BCUT2D eigenvalue weighted by Crippen LogP contribution is 2.18. The highest BCUT2D eigenvalue weighted by Gasteiger charge is 2.08. The second-order valence-corrected chi connectivity index (χ2v) is 4.36. The van der Waals surface area contributed by atoms with Gasteiger partial charge in [-0.2, -0.15) is 5.10 Å². The molecule has 92 valence electrons. The number of fused-ring (bicyclic) bond motifs is 1. The summed E-state index contributed by atoms with van der Waals surface area (Å²) >= 11 is 0. The lowest BCUT2D eigenvalue weighted by molar-refractivity contribution is 0.461. The highest BCUT2D eigenvalue weighted by atomic mass is 16.3. The average Bonchev–Trinajstić information content (AvgIpc) is 2.94. The predicted molar refractivity (Wildman–Crippen MR) is 70.2 cm³/mol. The van der Waals surface area contributed by atoms with Gasteiger partial charge in [-0.25, -0.2) is 0 Å². The molecule has 4 nitrogen and oxygen atoms in total. The number of hydrogen-bond donors (Lipinski definition) is 1. The summed E-state index contributed by atoms with van der Waals surface area (Å²) in [6, 6.07) is 10.1. The zero-order valence-corrected chi connectivity index (χ0v) is 10.3. The van der Waals surface area contributed by atoms with Gasteiger partial charge in [0.2, 0.25) is 0 Å². The number of benzene rings is 1. The molecule has 4 heteroatoms. The Kier molecular flexibility index (Phi) is 2.64. The first kappa shape index (κ1) is 11.0. The van der Waals surface area contributed by atoms with E-state index in [1.54, 1.807) is 0 Å². The van der Waals surface area contributed by atoms with E-state index in [0.29, 0.717) is 13.1 Å². The first-order chi connectivity index (χ1) is 8.78. The SMILES string of the molecule is Cc1oc(Cn2ncc3ccccc32)cc1CN. The summed E-state index contributed by atoms with van der Waals surface area (Å²) in [6.45, 7) is 3.08. The first-order valence-corrected chi connectivity index (χ1v) is 5.97. The monoisotopic (exact) mass is 241 g/mol. The fourth-order valence-corrected chi connectivity index (χ4v) is 2.17. The van der Waals surface area contributed by atoms with Gasteiger partial charge >= 0.3 is 0 Å². The molecule has 0 spiro atoms. The smallest absolute Gasteiger partial charge is 0.125 e. The summed E-state index contributed by atoms with van der Waals surface area (Å²) in [4.78, 5) is 0. The standard InChI is InChI=1S/C14H15N3O/c1-10-12(7-15)6-13(18-10)9-17-14-5-3-2-4-11(14)8-16-17/h2-6,8H,7,9,15H2,1H3. The Morgan fingerprint density at radius 2 is 2.17 bits per heavy atom. The lowest BCUT2D eigenvalue weighted by Crippen LogP contribution is -2.00. The number of nitrogens with zero attached hydrogens (tertiary/aromatic N) is 2. The van der Waals surface area contributed by atoms with Gasteiger partial charge in [-0.05, 0) is 19.1 Å². The van der Waals surface area contributed by atoms with E-state index in [4.69, 9.17) is 10.2 Å². The number of furan rings is 1. The minimum Gasteiger partial charge on any atom is -0.464 e. The maximum Gasteiger partial charge on any atom is 0.125 e. The molecule has 0 radical (unpaired) electrons. The number of hydrogen-bond acceptors (Lipinski definition) is 3. The lowest BCUT2D eigenvalue weighted by atomic mass is 10.2. The second kappa shape index (κ2) is 4.31. The molecule has 0 saturated carbocycles. The van der Waals surface area contributed by atoms with Crippen molar-refractivity contribution in [3.63, 3.8) is 0 Å². The molecule has 0 unspecified atom stereocenters. The Labute approximate surface area is 105 Å². The van der Waals surface area contributed by atoms with Crippen molar-refractivity contribution >= 4 is 10.9 Å². The molecule has 0 aliphatic carbocycles. The van der Waals surface area contributed by atoms with E-state index in [1.165, 1.54) is 0 Å². The van der Waals surface area contributed by atoms with Gasteiger partial charge in [-0.3, -0.25) is 4.68 Å². The predicted octanol–water partition coefficient (Wildman–Crippen LogP) is 2.44. The van der Waals surface area contributed by atoms with E-state index >= 15 is 0 Å². The number of rotatable bonds is 3. The normalized spacial score (nSPS) is 11.2. The molecule has 0 fully saturated rings. The average molecular weight is 241 g/mol. The molecular formula is C14H15N3O. The summed E-state index contributed by atoms with van der Waals surface area (Å²) < 4.78 is 7.63. The zero-order valence-electron chi connectivity index (χ0n) is 10.3. The topological polar surface area (TPSA) is 57.0 Å². The summed E-state index contributed by atoms with van der Waals surface area (Å²) in [5, 5.41) is 5.52. The van der Waals surface area contributed by atoms with Crippen LogP contribution in [0, 0.1) is 6.92 Å². The van der Waals surface area contributed by atoms with Crippen LogP contribution >= 0.6 is 0 Å². The molecule has 0 bridgehead atoms. The van der Waals surface area contributed by atoms with Crippen LogP contribution in [0.25, 0.3) is 10.9 Å². The highest BCUT2D eigenvalue weighted by molar-refractivity contribution is 5.78. The van der Waals surface area contributed by atoms with Gasteiger partial charge < -0.3 is 10.2 Å². The second-order valence-electron chi connectivity index (χ2n) is 4.36. The summed E-state index contributed by atoms with van der Waals surface area (Å²) in [5.74, 6) is 1.78. The molecule has 0 amide bonds. The molecule has 3 rings (SSSR count). The third kappa shape index (κ3) is 1.80. The van der Waals surface area contributed by atoms with Crippen molar-refractivity contribution in [3.8, 4) is 0 Å². The van der Waals surface area contributed by atoms with E-state index < -0.39 is 0 Å². The van der Waals surface area contributed by atoms with Crippen LogP contribution in [0.2, 0.25) is 0 Å². The van der Waals surface area contributed by atoms with Gasteiger partial charge in [0.15, 0.2) is 0 Å². The van der Waals surface area contributed by atoms with E-state index in [9.17, 15) is 0 Å². The Bertz CT molecular complexity index is 681. The fraction of sp³-hybridized carbons (Fsp3) is 0.214. The van der Waals surface area contributed by atoms with Crippen molar-refractivity contribution in [3.05, 3.63) is 53.6 Å². The van der Waals surface area contributed by atoms with E-state index in [1.807, 2.05) is 36.0 Å². The molecule has 3 aromatic rings. The third-order valence-electron chi connectivity index (χ3n) is 3.15. The summed E-state index contributed by atoms with van der Waals surface area (Å²) in [6.07, 6.45) is 1.87. The molecule has 0 aliphatic rings. The molecule has 0 saturated heterocycles. The van der Waals surface area contributed by atoms with Crippen LogP contribution in [0.3, 0.4) is 0 Å². The van der Waals surface area contributed by atoms with Gasteiger partial charge in [-0.1, -0.05) is 18.2 Å². The van der Waals surface area contributed by atoms with E-state index in [0.717, 1.165) is 28.0 Å². The van der Waals surface area contributed by atoms with Gasteiger partial charge in [0.1, 0.15) is 11.5 Å². The van der Waals surface area contributed by atoms with Crippen molar-refractivity contribution in [2.45, 2.75) is 20.0 Å². The first-order valence-electron chi connectivity index (χ1n) is 5.97. The van der Waals surface area contributed by atoms with Crippen LogP contribution in [-0.2, 0) is 13.1 Å². The van der Waals surface area contributed by atoms with Crippen molar-refractivity contribution < 1.29 is 4.42 Å². The Morgan fingerprint density at radius 1 is 1.33 bits per heavy atom. The Morgan fingerprint density at radius 3 is 2.94 bits per heavy atom. The van der Waals surface area contributed by atoms with Crippen molar-refractivity contribution in [2.24, 2.45) is 5.73 Å². The van der Waals surface area contributed by atoms with E-state index in [-0.39, 0.29) is 0 Å². The zero-order chi connectivity index (χ0) is 12.5. The number of para-hydroxylation sites is 1. The summed E-state index contributed by atoms with van der Waals surface area (Å²) in [7, 11) is 0. The Balaban J connectivity index is 1.96. The largest absolute Gasteiger partial charge is 0.464 e. The molecule has 2 N–H and O–H groups in total. The minimum absolute atomic E-state index is 0.509. The molecule has 0 aliphatic heterocycles. The molecule has 2 heterocycles. The molecule has 18 heavy (non-hydrogen) atoms.